The summed E-state index contributed by atoms with van der Waals surface area (Å²) in [6, 6.07) is 0. The minimum atomic E-state index is -1.60. The molecule has 0 bridgehead atoms. The third-order valence-corrected chi connectivity index (χ3v) is 3.62. The predicted octanol–water partition coefficient (Wildman–Crippen LogP) is 0.848. The Bertz CT molecular complexity index is 395. The number of rotatable bonds is 4. The van der Waals surface area contributed by atoms with E-state index in [1.54, 1.807) is 0 Å². The first kappa shape index (κ1) is 15.2. The van der Waals surface area contributed by atoms with Crippen molar-refractivity contribution in [3.05, 3.63) is 12.2 Å². The number of carbonyl (C=O) groups is 3. The monoisotopic (exact) mass is 270 g/mol. The van der Waals surface area contributed by atoms with Crippen molar-refractivity contribution in [2.75, 3.05) is 21.3 Å². The van der Waals surface area contributed by atoms with Gasteiger partial charge in [0.25, 0.3) is 0 Å². The molecule has 6 heteroatoms. The lowest BCUT2D eigenvalue weighted by molar-refractivity contribution is -0.169. The fourth-order valence-corrected chi connectivity index (χ4v) is 2.62. The van der Waals surface area contributed by atoms with E-state index in [-0.39, 0.29) is 6.42 Å². The maximum atomic E-state index is 12.1. The quantitative estimate of drug-likeness (QED) is 0.326. The third kappa shape index (κ3) is 2.34. The smallest absolute Gasteiger partial charge is 0.327 e. The van der Waals surface area contributed by atoms with Crippen molar-refractivity contribution in [1.29, 1.82) is 0 Å². The molecule has 0 aromatic heterocycles. The molecule has 0 aromatic carbocycles. The topological polar surface area (TPSA) is 78.9 Å². The second kappa shape index (κ2) is 5.86. The lowest BCUT2D eigenvalue weighted by Gasteiger charge is -2.30. The molecule has 0 aromatic rings. The van der Waals surface area contributed by atoms with Gasteiger partial charge in [0.2, 0.25) is 0 Å². The van der Waals surface area contributed by atoms with Crippen LogP contribution in [0.3, 0.4) is 0 Å². The van der Waals surface area contributed by atoms with Gasteiger partial charge < -0.3 is 14.2 Å². The fourth-order valence-electron chi connectivity index (χ4n) is 2.62. The molecule has 1 rings (SSSR count). The average molecular weight is 270 g/mol. The number of carbonyl (C=O) groups excluding carboxylic acids is 3. The Labute approximate surface area is 111 Å². The maximum absolute atomic E-state index is 12.1. The number of ether oxygens (including phenoxy) is 3. The van der Waals surface area contributed by atoms with E-state index in [1.807, 2.05) is 0 Å². The zero-order valence-electron chi connectivity index (χ0n) is 11.4. The molecule has 0 N–H and O–H groups in total. The Balaban J connectivity index is 3.22. The van der Waals surface area contributed by atoms with Gasteiger partial charge in [-0.2, -0.15) is 0 Å². The van der Waals surface area contributed by atoms with Gasteiger partial charge in [0.1, 0.15) is 0 Å². The van der Waals surface area contributed by atoms with E-state index in [0.29, 0.717) is 18.4 Å². The molecule has 0 aliphatic heterocycles. The highest BCUT2D eigenvalue weighted by Gasteiger charge is 2.60. The first-order valence-corrected chi connectivity index (χ1v) is 5.87. The van der Waals surface area contributed by atoms with Gasteiger partial charge in [-0.3, -0.25) is 14.4 Å². The summed E-state index contributed by atoms with van der Waals surface area (Å²) in [5.41, 5.74) is -1.18. The second-order valence-corrected chi connectivity index (χ2v) is 4.41. The molecular formula is C13H18O6. The predicted molar refractivity (Wildman–Crippen MR) is 65.0 cm³/mol. The van der Waals surface area contributed by atoms with Crippen LogP contribution in [0.1, 0.15) is 19.3 Å². The Hall–Kier alpha value is -1.85. The molecule has 1 fully saturated rings. The molecular weight excluding hydrogens is 252 g/mol. The van der Waals surface area contributed by atoms with Crippen molar-refractivity contribution in [3.8, 4) is 0 Å². The number of hydrogen-bond acceptors (Lipinski definition) is 6. The van der Waals surface area contributed by atoms with E-state index in [2.05, 4.69) is 11.3 Å². The lowest BCUT2D eigenvalue weighted by Crippen LogP contribution is -2.46. The van der Waals surface area contributed by atoms with Crippen LogP contribution in [-0.4, -0.2) is 39.2 Å². The van der Waals surface area contributed by atoms with Crippen LogP contribution in [0.4, 0.5) is 0 Å². The summed E-state index contributed by atoms with van der Waals surface area (Å²) in [5.74, 6) is -2.52. The molecule has 106 valence electrons. The van der Waals surface area contributed by atoms with Gasteiger partial charge in [-0.25, -0.2) is 0 Å². The van der Waals surface area contributed by atoms with Crippen LogP contribution in [0.5, 0.6) is 0 Å². The van der Waals surface area contributed by atoms with Gasteiger partial charge in [-0.05, 0) is 18.4 Å². The minimum absolute atomic E-state index is 0.0558. The highest BCUT2D eigenvalue weighted by molar-refractivity contribution is 6.04. The van der Waals surface area contributed by atoms with Gasteiger partial charge in [0.15, 0.2) is 5.41 Å². The Morgan fingerprint density at radius 2 is 1.68 bits per heavy atom. The van der Waals surface area contributed by atoms with Crippen molar-refractivity contribution in [3.63, 3.8) is 0 Å². The Kier molecular flexibility index (Phi) is 4.69. The van der Waals surface area contributed by atoms with Crippen LogP contribution >= 0.6 is 0 Å². The van der Waals surface area contributed by atoms with Crippen molar-refractivity contribution >= 4 is 17.9 Å². The second-order valence-electron chi connectivity index (χ2n) is 4.41. The van der Waals surface area contributed by atoms with E-state index in [9.17, 15) is 14.4 Å². The SMILES string of the molecule is C=C1CCC(CC(=O)OC)C1(C(=O)OC)C(=O)OC. The first-order chi connectivity index (χ1) is 8.94. The Morgan fingerprint density at radius 3 is 2.11 bits per heavy atom. The summed E-state index contributed by atoms with van der Waals surface area (Å²) in [7, 11) is 3.63. The molecule has 0 spiro atoms. The van der Waals surface area contributed by atoms with Crippen molar-refractivity contribution in [2.45, 2.75) is 19.3 Å². The van der Waals surface area contributed by atoms with Crippen LogP contribution in [0, 0.1) is 11.3 Å². The van der Waals surface area contributed by atoms with Gasteiger partial charge in [-0.1, -0.05) is 6.58 Å². The zero-order chi connectivity index (χ0) is 14.6. The summed E-state index contributed by atoms with van der Waals surface area (Å²) >= 11 is 0. The van der Waals surface area contributed by atoms with E-state index in [1.165, 1.54) is 21.3 Å². The minimum Gasteiger partial charge on any atom is -0.469 e. The van der Waals surface area contributed by atoms with Gasteiger partial charge in [0, 0.05) is 5.92 Å². The van der Waals surface area contributed by atoms with Crippen LogP contribution in [0.2, 0.25) is 0 Å². The zero-order valence-corrected chi connectivity index (χ0v) is 11.4. The molecule has 1 unspecified atom stereocenters. The number of esters is 3. The highest BCUT2D eigenvalue weighted by Crippen LogP contribution is 2.50. The molecule has 1 saturated carbocycles. The molecule has 0 radical (unpaired) electrons. The van der Waals surface area contributed by atoms with Gasteiger partial charge >= 0.3 is 17.9 Å². The third-order valence-electron chi connectivity index (χ3n) is 3.62. The maximum Gasteiger partial charge on any atom is 0.327 e. The van der Waals surface area contributed by atoms with E-state index < -0.39 is 29.2 Å². The van der Waals surface area contributed by atoms with Crippen LogP contribution in [0.15, 0.2) is 12.2 Å². The lowest BCUT2D eigenvalue weighted by atomic mass is 9.74. The summed E-state index contributed by atoms with van der Waals surface area (Å²) in [6.45, 7) is 3.78. The van der Waals surface area contributed by atoms with Gasteiger partial charge in [0.05, 0.1) is 27.8 Å². The average Bonchev–Trinajstić information content (AvgIpc) is 2.74. The van der Waals surface area contributed by atoms with E-state index >= 15 is 0 Å². The van der Waals surface area contributed by atoms with E-state index in [0.717, 1.165) is 0 Å². The summed E-state index contributed by atoms with van der Waals surface area (Å²) in [5, 5.41) is 0. The molecule has 1 aliphatic carbocycles. The molecule has 19 heavy (non-hydrogen) atoms. The highest BCUT2D eigenvalue weighted by atomic mass is 16.5. The Morgan fingerprint density at radius 1 is 1.16 bits per heavy atom. The number of hydrogen-bond donors (Lipinski definition) is 0. The van der Waals surface area contributed by atoms with Crippen molar-refractivity contribution < 1.29 is 28.6 Å². The van der Waals surface area contributed by atoms with Crippen molar-refractivity contribution in [1.82, 2.24) is 0 Å². The van der Waals surface area contributed by atoms with Crippen LogP contribution in [-0.2, 0) is 28.6 Å². The normalized spacial score (nSPS) is 20.8. The van der Waals surface area contributed by atoms with Crippen LogP contribution < -0.4 is 0 Å². The largest absolute Gasteiger partial charge is 0.469 e. The first-order valence-electron chi connectivity index (χ1n) is 5.87. The molecule has 0 saturated heterocycles. The summed E-state index contributed by atoms with van der Waals surface area (Å²) < 4.78 is 14.0. The number of methoxy groups -OCH3 is 3. The fraction of sp³-hybridized carbons (Fsp3) is 0.615. The van der Waals surface area contributed by atoms with E-state index in [4.69, 9.17) is 9.47 Å². The van der Waals surface area contributed by atoms with Gasteiger partial charge in [-0.15, -0.1) is 0 Å². The molecule has 6 nitrogen and oxygen atoms in total. The molecule has 1 atom stereocenters. The molecule has 1 aliphatic rings. The van der Waals surface area contributed by atoms with Crippen LogP contribution in [0.25, 0.3) is 0 Å². The summed E-state index contributed by atoms with van der Waals surface area (Å²) in [6.07, 6.45) is 0.893. The standard InChI is InChI=1S/C13H18O6/c1-8-5-6-9(7-10(14)17-2)13(8,11(15)18-3)12(16)19-4/h9H,1,5-7H2,2-4H3. The molecule has 0 amide bonds. The van der Waals surface area contributed by atoms with Crippen molar-refractivity contribution in [2.24, 2.45) is 11.3 Å². The summed E-state index contributed by atoms with van der Waals surface area (Å²) in [4.78, 5) is 35.6. The molecule has 0 heterocycles.